The first-order chi connectivity index (χ1) is 11.6. The zero-order valence-electron chi connectivity index (χ0n) is 14.8. The summed E-state index contributed by atoms with van der Waals surface area (Å²) in [7, 11) is 0. The van der Waals surface area contributed by atoms with Gasteiger partial charge in [0.25, 0.3) is 5.91 Å². The molecule has 1 saturated carbocycles. The van der Waals surface area contributed by atoms with Gasteiger partial charge in [-0.15, -0.1) is 0 Å². The normalized spacial score (nSPS) is 20.4. The highest BCUT2D eigenvalue weighted by Gasteiger charge is 2.26. The topological polar surface area (TPSA) is 70.2 Å². The quantitative estimate of drug-likeness (QED) is 0.747. The molecule has 0 bridgehead atoms. The molecule has 3 N–H and O–H groups in total. The Balaban J connectivity index is 1.79. The number of carbonyl (C=O) groups excluding carboxylic acids is 2. The van der Waals surface area contributed by atoms with E-state index < -0.39 is 5.82 Å². The van der Waals surface area contributed by atoms with Crippen LogP contribution in [0.25, 0.3) is 0 Å². The molecule has 0 heterocycles. The van der Waals surface area contributed by atoms with Gasteiger partial charge in [0, 0.05) is 28.2 Å². The second-order valence-corrected chi connectivity index (χ2v) is 7.95. The van der Waals surface area contributed by atoms with Crippen LogP contribution in [0.2, 0.25) is 5.02 Å². The van der Waals surface area contributed by atoms with Crippen LogP contribution in [0.15, 0.2) is 18.2 Å². The van der Waals surface area contributed by atoms with Crippen molar-refractivity contribution in [2.24, 2.45) is 0 Å². The Morgan fingerprint density at radius 1 is 1.20 bits per heavy atom. The van der Waals surface area contributed by atoms with Crippen LogP contribution >= 0.6 is 11.6 Å². The summed E-state index contributed by atoms with van der Waals surface area (Å²) in [6.07, 6.45) is 2.42. The fourth-order valence-electron chi connectivity index (χ4n) is 2.95. The number of amides is 2. The summed E-state index contributed by atoms with van der Waals surface area (Å²) in [6, 6.07) is 3.95. The molecular formula is C18H25ClFN3O2. The first-order valence-corrected chi connectivity index (χ1v) is 8.81. The van der Waals surface area contributed by atoms with Gasteiger partial charge >= 0.3 is 0 Å². The van der Waals surface area contributed by atoms with E-state index in [1.807, 2.05) is 20.8 Å². The number of benzene rings is 1. The summed E-state index contributed by atoms with van der Waals surface area (Å²) in [4.78, 5) is 24.0. The highest BCUT2D eigenvalue weighted by Crippen LogP contribution is 2.20. The molecule has 2 amide bonds. The van der Waals surface area contributed by atoms with Crippen LogP contribution in [0.3, 0.4) is 0 Å². The number of halogens is 2. The van der Waals surface area contributed by atoms with Gasteiger partial charge in [-0.3, -0.25) is 9.59 Å². The van der Waals surface area contributed by atoms with E-state index in [0.717, 1.165) is 25.3 Å². The van der Waals surface area contributed by atoms with Crippen molar-refractivity contribution >= 4 is 23.4 Å². The maximum atomic E-state index is 13.3. The van der Waals surface area contributed by atoms with Gasteiger partial charge in [-0.1, -0.05) is 11.6 Å². The van der Waals surface area contributed by atoms with Crippen molar-refractivity contribution in [1.82, 2.24) is 16.0 Å². The number of carbonyl (C=O) groups is 2. The fourth-order valence-corrected chi connectivity index (χ4v) is 3.17. The first kappa shape index (κ1) is 19.7. The molecule has 1 fully saturated rings. The lowest BCUT2D eigenvalue weighted by molar-refractivity contribution is -0.121. The highest BCUT2D eigenvalue weighted by molar-refractivity contribution is 6.31. The highest BCUT2D eigenvalue weighted by atomic mass is 35.5. The Bertz CT molecular complexity index is 625. The largest absolute Gasteiger partial charge is 0.350 e. The summed E-state index contributed by atoms with van der Waals surface area (Å²) in [5.41, 5.74) is -0.0389. The molecule has 1 aromatic rings. The number of hydrogen-bond acceptors (Lipinski definition) is 3. The van der Waals surface area contributed by atoms with Crippen molar-refractivity contribution in [1.29, 1.82) is 0 Å². The molecule has 1 aromatic carbocycles. The molecular weight excluding hydrogens is 345 g/mol. The third-order valence-electron chi connectivity index (χ3n) is 3.96. The van der Waals surface area contributed by atoms with Crippen LogP contribution in [0.4, 0.5) is 4.39 Å². The Morgan fingerprint density at radius 3 is 2.52 bits per heavy atom. The van der Waals surface area contributed by atoms with Crippen LogP contribution < -0.4 is 16.0 Å². The minimum atomic E-state index is -0.534. The van der Waals surface area contributed by atoms with Crippen molar-refractivity contribution in [3.63, 3.8) is 0 Å². The molecule has 0 spiro atoms. The van der Waals surface area contributed by atoms with Crippen molar-refractivity contribution in [2.45, 2.75) is 57.7 Å². The van der Waals surface area contributed by atoms with E-state index in [4.69, 9.17) is 11.6 Å². The Labute approximate surface area is 152 Å². The van der Waals surface area contributed by atoms with Crippen molar-refractivity contribution in [2.75, 3.05) is 6.54 Å². The maximum Gasteiger partial charge on any atom is 0.251 e. The molecule has 2 rings (SSSR count). The first-order valence-electron chi connectivity index (χ1n) is 8.44. The molecule has 7 heteroatoms. The molecule has 138 valence electrons. The summed E-state index contributed by atoms with van der Waals surface area (Å²) in [5, 5.41) is 9.22. The molecule has 1 aliphatic carbocycles. The van der Waals surface area contributed by atoms with E-state index in [1.54, 1.807) is 0 Å². The molecule has 5 nitrogen and oxygen atoms in total. The van der Waals surface area contributed by atoms with Gasteiger partial charge in [-0.05, 0) is 58.2 Å². The minimum Gasteiger partial charge on any atom is -0.350 e. The van der Waals surface area contributed by atoms with E-state index in [2.05, 4.69) is 16.0 Å². The van der Waals surface area contributed by atoms with E-state index in [9.17, 15) is 14.0 Å². The van der Waals surface area contributed by atoms with Crippen LogP contribution in [-0.2, 0) is 4.79 Å². The molecule has 25 heavy (non-hydrogen) atoms. The second-order valence-electron chi connectivity index (χ2n) is 7.52. The predicted molar refractivity (Wildman–Crippen MR) is 96.2 cm³/mol. The zero-order valence-corrected chi connectivity index (χ0v) is 15.5. The van der Waals surface area contributed by atoms with Gasteiger partial charge in [0.15, 0.2) is 0 Å². The lowest BCUT2D eigenvalue weighted by Gasteiger charge is -2.21. The van der Waals surface area contributed by atoms with Crippen LogP contribution in [0.5, 0.6) is 0 Å². The molecule has 2 atom stereocenters. The lowest BCUT2D eigenvalue weighted by Crippen LogP contribution is -2.46. The standard InChI is InChI=1S/C18H25ClFN3O2/c1-18(2,3)23-16(24)10-21-14-4-5-15(9-14)22-17(25)11-6-12(19)8-13(20)7-11/h6-8,14-15,21H,4-5,9-10H2,1-3H3,(H,22,25)(H,23,24)/t14-,15-/m0/s1. The Hall–Kier alpha value is -1.66. The van der Waals surface area contributed by atoms with Gasteiger partial charge in [0.1, 0.15) is 5.82 Å². The van der Waals surface area contributed by atoms with E-state index >= 15 is 0 Å². The molecule has 0 aliphatic heterocycles. The summed E-state index contributed by atoms with van der Waals surface area (Å²) >= 11 is 5.78. The van der Waals surface area contributed by atoms with E-state index in [0.29, 0.717) is 0 Å². The maximum absolute atomic E-state index is 13.3. The Kier molecular flexibility index (Phi) is 6.41. The van der Waals surface area contributed by atoms with E-state index in [-0.39, 0.29) is 46.6 Å². The molecule has 0 radical (unpaired) electrons. The van der Waals surface area contributed by atoms with Crippen LogP contribution in [0.1, 0.15) is 50.4 Å². The van der Waals surface area contributed by atoms with Crippen LogP contribution in [-0.4, -0.2) is 36.0 Å². The van der Waals surface area contributed by atoms with Crippen molar-refractivity contribution < 1.29 is 14.0 Å². The monoisotopic (exact) mass is 369 g/mol. The van der Waals surface area contributed by atoms with E-state index in [1.165, 1.54) is 12.1 Å². The summed E-state index contributed by atoms with van der Waals surface area (Å²) in [5.74, 6) is -0.916. The number of rotatable bonds is 5. The summed E-state index contributed by atoms with van der Waals surface area (Å²) < 4.78 is 13.3. The molecule has 0 aromatic heterocycles. The van der Waals surface area contributed by atoms with Gasteiger partial charge in [-0.2, -0.15) is 0 Å². The number of hydrogen-bond donors (Lipinski definition) is 3. The van der Waals surface area contributed by atoms with Gasteiger partial charge < -0.3 is 16.0 Å². The Morgan fingerprint density at radius 2 is 1.88 bits per heavy atom. The summed E-state index contributed by atoms with van der Waals surface area (Å²) in [6.45, 7) is 6.06. The average Bonchev–Trinajstić information content (AvgIpc) is 2.90. The molecule has 0 saturated heterocycles. The minimum absolute atomic E-state index is 0.00211. The van der Waals surface area contributed by atoms with Crippen molar-refractivity contribution in [3.05, 3.63) is 34.6 Å². The third-order valence-corrected chi connectivity index (χ3v) is 4.18. The zero-order chi connectivity index (χ0) is 18.6. The average molecular weight is 370 g/mol. The molecule has 1 aliphatic rings. The van der Waals surface area contributed by atoms with Gasteiger partial charge in [-0.25, -0.2) is 4.39 Å². The third kappa shape index (κ3) is 6.63. The van der Waals surface area contributed by atoms with Gasteiger partial charge in [0.05, 0.1) is 6.54 Å². The second kappa shape index (κ2) is 8.15. The van der Waals surface area contributed by atoms with Crippen LogP contribution in [0, 0.1) is 5.82 Å². The smallest absolute Gasteiger partial charge is 0.251 e. The SMILES string of the molecule is CC(C)(C)NC(=O)CN[C@H]1CC[C@H](NC(=O)c2cc(F)cc(Cl)c2)C1. The predicted octanol–water partition coefficient (Wildman–Crippen LogP) is 2.63. The van der Waals surface area contributed by atoms with Crippen molar-refractivity contribution in [3.8, 4) is 0 Å². The van der Waals surface area contributed by atoms with Gasteiger partial charge in [0.2, 0.25) is 5.91 Å². The molecule has 0 unspecified atom stereocenters. The lowest BCUT2D eigenvalue weighted by atomic mass is 10.1. The number of nitrogens with one attached hydrogen (secondary N) is 3. The fraction of sp³-hybridized carbons (Fsp3) is 0.556.